The van der Waals surface area contributed by atoms with Crippen molar-refractivity contribution < 1.29 is 4.74 Å². The monoisotopic (exact) mass is 279 g/mol. The molecule has 0 amide bonds. The van der Waals surface area contributed by atoms with Crippen molar-refractivity contribution >= 4 is 0 Å². The van der Waals surface area contributed by atoms with Crippen LogP contribution in [0.25, 0.3) is 0 Å². The van der Waals surface area contributed by atoms with Crippen LogP contribution in [0.15, 0.2) is 17.2 Å². The molecule has 2 unspecified atom stereocenters. The zero-order chi connectivity index (χ0) is 14.5. The first kappa shape index (κ1) is 15.0. The highest BCUT2D eigenvalue weighted by Crippen LogP contribution is 2.29. The van der Waals surface area contributed by atoms with Gasteiger partial charge in [-0.1, -0.05) is 12.8 Å². The molecule has 112 valence electrons. The van der Waals surface area contributed by atoms with Crippen molar-refractivity contribution in [3.8, 4) is 5.88 Å². The minimum absolute atomic E-state index is 0.110. The van der Waals surface area contributed by atoms with Crippen molar-refractivity contribution in [1.29, 1.82) is 0 Å². The summed E-state index contributed by atoms with van der Waals surface area (Å²) in [5.74, 6) is 1.17. The van der Waals surface area contributed by atoms with Crippen molar-refractivity contribution in [3.63, 3.8) is 0 Å². The average Bonchev–Trinajstić information content (AvgIpc) is 2.46. The van der Waals surface area contributed by atoms with E-state index in [0.29, 0.717) is 25.0 Å². The van der Waals surface area contributed by atoms with E-state index < -0.39 is 0 Å². The zero-order valence-corrected chi connectivity index (χ0v) is 12.4. The van der Waals surface area contributed by atoms with Gasteiger partial charge in [0.2, 0.25) is 0 Å². The molecular weight excluding hydrogens is 254 g/mol. The molecule has 0 bridgehead atoms. The highest BCUT2D eigenvalue weighted by molar-refractivity contribution is 5.05. The van der Waals surface area contributed by atoms with Gasteiger partial charge in [-0.3, -0.25) is 4.79 Å². The Kier molecular flexibility index (Phi) is 5.17. The lowest BCUT2D eigenvalue weighted by molar-refractivity contribution is 0.147. The van der Waals surface area contributed by atoms with E-state index in [0.717, 1.165) is 6.42 Å². The van der Waals surface area contributed by atoms with Gasteiger partial charge in [0.15, 0.2) is 0 Å². The van der Waals surface area contributed by atoms with Gasteiger partial charge in [-0.15, -0.1) is 0 Å². The van der Waals surface area contributed by atoms with E-state index in [1.807, 2.05) is 13.8 Å². The van der Waals surface area contributed by atoms with E-state index in [-0.39, 0.29) is 17.5 Å². The molecule has 1 aliphatic carbocycles. The summed E-state index contributed by atoms with van der Waals surface area (Å²) >= 11 is 0. The second-order valence-electron chi connectivity index (χ2n) is 5.89. The van der Waals surface area contributed by atoms with Gasteiger partial charge in [-0.2, -0.15) is 0 Å². The summed E-state index contributed by atoms with van der Waals surface area (Å²) in [7, 11) is 0. The number of nitrogens with two attached hydrogens (primary N) is 1. The summed E-state index contributed by atoms with van der Waals surface area (Å²) in [5, 5.41) is 0. The molecule has 1 aromatic heterocycles. The Morgan fingerprint density at radius 2 is 2.10 bits per heavy atom. The van der Waals surface area contributed by atoms with Gasteiger partial charge in [0.25, 0.3) is 5.88 Å². The topological polar surface area (TPSA) is 70.1 Å². The maximum atomic E-state index is 12.2. The molecule has 0 aliphatic heterocycles. The van der Waals surface area contributed by atoms with Crippen molar-refractivity contribution in [1.82, 2.24) is 9.55 Å². The van der Waals surface area contributed by atoms with Gasteiger partial charge < -0.3 is 15.0 Å². The van der Waals surface area contributed by atoms with E-state index in [9.17, 15) is 4.79 Å². The fourth-order valence-electron chi connectivity index (χ4n) is 2.91. The summed E-state index contributed by atoms with van der Waals surface area (Å²) in [5.41, 5.74) is 5.67. The lowest BCUT2D eigenvalue weighted by Crippen LogP contribution is -2.32. The van der Waals surface area contributed by atoms with Gasteiger partial charge >= 0.3 is 5.56 Å². The number of ether oxygens (including phenoxy) is 1. The summed E-state index contributed by atoms with van der Waals surface area (Å²) < 4.78 is 7.34. The zero-order valence-electron chi connectivity index (χ0n) is 12.4. The molecule has 1 saturated carbocycles. The lowest BCUT2D eigenvalue weighted by Gasteiger charge is -2.30. The number of rotatable bonds is 5. The van der Waals surface area contributed by atoms with Crippen LogP contribution in [0.2, 0.25) is 0 Å². The minimum atomic E-state index is -0.150. The number of hydrogen-bond acceptors (Lipinski definition) is 4. The Hall–Kier alpha value is -1.36. The van der Waals surface area contributed by atoms with Crippen LogP contribution >= 0.6 is 0 Å². The standard InChI is InChI=1S/C15H25N3O2/c1-11(2)18-8-7-17-14(15(18)19)20-10-13-6-4-3-5-12(13)9-16/h7-8,11-13H,3-6,9-10,16H2,1-2H3. The molecular formula is C15H25N3O2. The van der Waals surface area contributed by atoms with Gasteiger partial charge in [0.1, 0.15) is 0 Å². The number of aromatic nitrogens is 2. The van der Waals surface area contributed by atoms with Crippen LogP contribution in [0.3, 0.4) is 0 Å². The fraction of sp³-hybridized carbons (Fsp3) is 0.733. The van der Waals surface area contributed by atoms with E-state index in [1.54, 1.807) is 17.0 Å². The molecule has 0 radical (unpaired) electrons. The third-order valence-electron chi connectivity index (χ3n) is 4.20. The maximum absolute atomic E-state index is 12.2. The average molecular weight is 279 g/mol. The quantitative estimate of drug-likeness (QED) is 0.894. The van der Waals surface area contributed by atoms with E-state index >= 15 is 0 Å². The Balaban J connectivity index is 2.03. The molecule has 1 aliphatic rings. The molecule has 2 atom stereocenters. The molecule has 0 aromatic carbocycles. The first-order valence-electron chi connectivity index (χ1n) is 7.53. The summed E-state index contributed by atoms with van der Waals surface area (Å²) in [4.78, 5) is 16.3. The highest BCUT2D eigenvalue weighted by Gasteiger charge is 2.25. The molecule has 1 fully saturated rings. The van der Waals surface area contributed by atoms with Crippen molar-refractivity contribution in [3.05, 3.63) is 22.7 Å². The molecule has 1 heterocycles. The van der Waals surface area contributed by atoms with Crippen molar-refractivity contribution in [2.24, 2.45) is 17.6 Å². The predicted octanol–water partition coefficient (Wildman–Crippen LogP) is 1.97. The minimum Gasteiger partial charge on any atom is -0.473 e. The van der Waals surface area contributed by atoms with Gasteiger partial charge in [-0.05, 0) is 45.1 Å². The Labute approximate surface area is 120 Å². The molecule has 0 saturated heterocycles. The third kappa shape index (κ3) is 3.39. The molecule has 2 rings (SSSR count). The van der Waals surface area contributed by atoms with Crippen LogP contribution in [0.1, 0.15) is 45.6 Å². The summed E-state index contributed by atoms with van der Waals surface area (Å²) in [6.07, 6.45) is 8.10. The molecule has 20 heavy (non-hydrogen) atoms. The van der Waals surface area contributed by atoms with Gasteiger partial charge in [0.05, 0.1) is 6.61 Å². The molecule has 0 spiro atoms. The van der Waals surface area contributed by atoms with Crippen LogP contribution in [-0.2, 0) is 0 Å². The third-order valence-corrected chi connectivity index (χ3v) is 4.20. The number of nitrogens with zero attached hydrogens (tertiary/aromatic N) is 2. The Morgan fingerprint density at radius 1 is 1.40 bits per heavy atom. The largest absolute Gasteiger partial charge is 0.473 e. The summed E-state index contributed by atoms with van der Waals surface area (Å²) in [6, 6.07) is 0.110. The Bertz CT molecular complexity index is 484. The molecule has 5 nitrogen and oxygen atoms in total. The molecule has 1 aromatic rings. The van der Waals surface area contributed by atoms with Crippen LogP contribution in [0.5, 0.6) is 5.88 Å². The predicted molar refractivity (Wildman–Crippen MR) is 78.9 cm³/mol. The summed E-state index contributed by atoms with van der Waals surface area (Å²) in [6.45, 7) is 5.19. The second kappa shape index (κ2) is 6.88. The maximum Gasteiger partial charge on any atom is 0.313 e. The molecule has 5 heteroatoms. The number of hydrogen-bond donors (Lipinski definition) is 1. The van der Waals surface area contributed by atoms with Crippen LogP contribution in [0, 0.1) is 11.8 Å². The first-order valence-corrected chi connectivity index (χ1v) is 7.53. The van der Waals surface area contributed by atoms with E-state index in [1.165, 1.54) is 19.3 Å². The lowest BCUT2D eigenvalue weighted by atomic mass is 9.80. The highest BCUT2D eigenvalue weighted by atomic mass is 16.5. The fourth-order valence-corrected chi connectivity index (χ4v) is 2.91. The van der Waals surface area contributed by atoms with Gasteiger partial charge in [-0.25, -0.2) is 4.98 Å². The smallest absolute Gasteiger partial charge is 0.313 e. The SMILES string of the molecule is CC(C)n1ccnc(OCC2CCCCC2CN)c1=O. The van der Waals surface area contributed by atoms with Crippen molar-refractivity contribution in [2.75, 3.05) is 13.2 Å². The van der Waals surface area contributed by atoms with Crippen molar-refractivity contribution in [2.45, 2.75) is 45.6 Å². The Morgan fingerprint density at radius 3 is 2.75 bits per heavy atom. The van der Waals surface area contributed by atoms with Crippen LogP contribution < -0.4 is 16.0 Å². The second-order valence-corrected chi connectivity index (χ2v) is 5.89. The van der Waals surface area contributed by atoms with E-state index in [2.05, 4.69) is 4.98 Å². The first-order chi connectivity index (χ1) is 9.63. The van der Waals surface area contributed by atoms with E-state index in [4.69, 9.17) is 10.5 Å². The van der Waals surface area contributed by atoms with Gasteiger partial charge in [0, 0.05) is 18.4 Å². The van der Waals surface area contributed by atoms with Crippen LogP contribution in [-0.4, -0.2) is 22.7 Å². The normalized spacial score (nSPS) is 23.0. The van der Waals surface area contributed by atoms with Crippen LogP contribution in [0.4, 0.5) is 0 Å². The molecule has 2 N–H and O–H groups in total.